The van der Waals surface area contributed by atoms with Crippen LogP contribution in [0.1, 0.15) is 0 Å². The molecule has 0 unspecified atom stereocenters. The summed E-state index contributed by atoms with van der Waals surface area (Å²) in [5.41, 5.74) is 5.33. The molecule has 2 aromatic rings. The molecule has 9 heteroatoms. The first-order valence-electron chi connectivity index (χ1n) is 6.88. The van der Waals surface area contributed by atoms with Crippen LogP contribution in [0.2, 0.25) is 0 Å². The summed E-state index contributed by atoms with van der Waals surface area (Å²) in [4.78, 5) is 10.7. The van der Waals surface area contributed by atoms with E-state index in [2.05, 4.69) is 4.72 Å². The number of sulfonamides is 1. The lowest BCUT2D eigenvalue weighted by Gasteiger charge is -2.09. The molecule has 0 aliphatic carbocycles. The van der Waals surface area contributed by atoms with Gasteiger partial charge in [-0.05, 0) is 36.4 Å². The number of anilines is 1. The number of hydrogen-bond donors (Lipinski definition) is 2. The second-order valence-corrected chi connectivity index (χ2v) is 6.58. The zero-order valence-corrected chi connectivity index (χ0v) is 13.2. The van der Waals surface area contributed by atoms with E-state index < -0.39 is 15.9 Å². The van der Waals surface area contributed by atoms with Crippen LogP contribution >= 0.6 is 0 Å². The highest BCUT2D eigenvalue weighted by atomic mass is 32.2. The number of carbonyl (C=O) groups excluding carboxylic acids is 1. The Balaban J connectivity index is 1.74. The molecule has 0 saturated heterocycles. The molecule has 0 spiro atoms. The summed E-state index contributed by atoms with van der Waals surface area (Å²) in [6, 6.07) is 10.4. The van der Waals surface area contributed by atoms with E-state index in [1.54, 1.807) is 18.2 Å². The Kier molecular flexibility index (Phi) is 4.17. The van der Waals surface area contributed by atoms with Crippen molar-refractivity contribution in [2.45, 2.75) is 4.90 Å². The molecule has 1 amide bonds. The van der Waals surface area contributed by atoms with Gasteiger partial charge in [0.2, 0.25) is 6.79 Å². The number of amides is 1. The van der Waals surface area contributed by atoms with Gasteiger partial charge in [0.1, 0.15) is 5.75 Å². The summed E-state index contributed by atoms with van der Waals surface area (Å²) in [5.74, 6) is 0.770. The molecule has 0 bridgehead atoms. The highest BCUT2D eigenvalue weighted by Crippen LogP contribution is 2.34. The number of fused-ring (bicyclic) bond motifs is 1. The number of primary amides is 1. The van der Waals surface area contributed by atoms with E-state index in [0.29, 0.717) is 22.9 Å². The van der Waals surface area contributed by atoms with E-state index in [1.165, 1.54) is 24.3 Å². The Morgan fingerprint density at radius 2 is 1.83 bits per heavy atom. The van der Waals surface area contributed by atoms with Crippen LogP contribution in [0, 0.1) is 0 Å². The Morgan fingerprint density at radius 1 is 1.12 bits per heavy atom. The molecule has 1 aliphatic rings. The quantitative estimate of drug-likeness (QED) is 0.805. The Morgan fingerprint density at radius 3 is 2.54 bits per heavy atom. The van der Waals surface area contributed by atoms with Crippen molar-refractivity contribution in [3.8, 4) is 17.2 Å². The maximum atomic E-state index is 12.4. The molecule has 8 nitrogen and oxygen atoms in total. The Bertz CT molecular complexity index is 864. The number of hydrogen-bond acceptors (Lipinski definition) is 6. The van der Waals surface area contributed by atoms with E-state index in [4.69, 9.17) is 19.9 Å². The van der Waals surface area contributed by atoms with Crippen LogP contribution in [-0.2, 0) is 14.8 Å². The summed E-state index contributed by atoms with van der Waals surface area (Å²) in [6.45, 7) is -0.167. The standard InChI is InChI=1S/C15H14N2O6S/c16-15(18)8-21-11-2-4-12(5-3-11)24(19,20)17-10-1-6-13-14(7-10)23-9-22-13/h1-7,17H,8-9H2,(H2,16,18). The van der Waals surface area contributed by atoms with E-state index in [1.807, 2.05) is 0 Å². The van der Waals surface area contributed by atoms with E-state index in [-0.39, 0.29) is 18.3 Å². The molecule has 0 aromatic heterocycles. The molecule has 0 saturated carbocycles. The molecule has 0 atom stereocenters. The fourth-order valence-corrected chi connectivity index (χ4v) is 3.09. The van der Waals surface area contributed by atoms with Crippen LogP contribution in [-0.4, -0.2) is 27.7 Å². The number of rotatable bonds is 6. The summed E-state index contributed by atoms with van der Waals surface area (Å²) in [7, 11) is -3.77. The van der Waals surface area contributed by atoms with E-state index in [0.717, 1.165) is 0 Å². The van der Waals surface area contributed by atoms with Gasteiger partial charge in [-0.15, -0.1) is 0 Å². The highest BCUT2D eigenvalue weighted by Gasteiger charge is 2.18. The zero-order chi connectivity index (χ0) is 17.2. The van der Waals surface area contributed by atoms with Crippen molar-refractivity contribution in [1.29, 1.82) is 0 Å². The lowest BCUT2D eigenvalue weighted by atomic mass is 10.3. The average Bonchev–Trinajstić information content (AvgIpc) is 3.00. The largest absolute Gasteiger partial charge is 0.484 e. The van der Waals surface area contributed by atoms with Gasteiger partial charge < -0.3 is 19.9 Å². The number of benzene rings is 2. The molecule has 1 heterocycles. The molecular formula is C15H14N2O6S. The third-order valence-electron chi connectivity index (χ3n) is 3.14. The molecule has 0 fully saturated rings. The lowest BCUT2D eigenvalue weighted by molar-refractivity contribution is -0.119. The SMILES string of the molecule is NC(=O)COc1ccc(S(=O)(=O)Nc2ccc3c(c2)OCO3)cc1. The molecular weight excluding hydrogens is 336 g/mol. The normalized spacial score (nSPS) is 12.7. The summed E-state index contributed by atoms with van der Waals surface area (Å²) in [5, 5.41) is 0. The van der Waals surface area contributed by atoms with Gasteiger partial charge in [0, 0.05) is 6.07 Å². The fraction of sp³-hybridized carbons (Fsp3) is 0.133. The fourth-order valence-electron chi connectivity index (χ4n) is 2.04. The van der Waals surface area contributed by atoms with Crippen LogP contribution in [0.25, 0.3) is 0 Å². The van der Waals surface area contributed by atoms with Crippen molar-refractivity contribution in [3.05, 3.63) is 42.5 Å². The predicted molar refractivity (Wildman–Crippen MR) is 84.5 cm³/mol. The molecule has 1 aliphatic heterocycles. The third-order valence-corrected chi connectivity index (χ3v) is 4.54. The number of nitrogens with one attached hydrogen (secondary N) is 1. The predicted octanol–water partition coefficient (Wildman–Crippen LogP) is 1.08. The number of nitrogens with two attached hydrogens (primary N) is 1. The third kappa shape index (κ3) is 3.51. The van der Waals surface area contributed by atoms with Crippen LogP contribution in [0.3, 0.4) is 0 Å². The maximum absolute atomic E-state index is 12.4. The van der Waals surface area contributed by atoms with E-state index in [9.17, 15) is 13.2 Å². The second kappa shape index (κ2) is 6.28. The van der Waals surface area contributed by atoms with Crippen molar-refractivity contribution >= 4 is 21.6 Å². The molecule has 126 valence electrons. The molecule has 3 rings (SSSR count). The first-order chi connectivity index (χ1) is 11.4. The van der Waals surface area contributed by atoms with Crippen molar-refractivity contribution in [2.75, 3.05) is 18.1 Å². The minimum atomic E-state index is -3.77. The molecule has 3 N–H and O–H groups in total. The van der Waals surface area contributed by atoms with Crippen LogP contribution in [0.15, 0.2) is 47.4 Å². The van der Waals surface area contributed by atoms with Gasteiger partial charge >= 0.3 is 0 Å². The van der Waals surface area contributed by atoms with Crippen molar-refractivity contribution < 1.29 is 27.4 Å². The molecule has 0 radical (unpaired) electrons. The number of ether oxygens (including phenoxy) is 3. The first-order valence-corrected chi connectivity index (χ1v) is 8.36. The van der Waals surface area contributed by atoms with Gasteiger partial charge in [-0.25, -0.2) is 8.42 Å². The van der Waals surface area contributed by atoms with Gasteiger partial charge in [-0.3, -0.25) is 9.52 Å². The highest BCUT2D eigenvalue weighted by molar-refractivity contribution is 7.92. The minimum Gasteiger partial charge on any atom is -0.484 e. The topological polar surface area (TPSA) is 117 Å². The first kappa shape index (κ1) is 15.9. The summed E-state index contributed by atoms with van der Waals surface area (Å²) >= 11 is 0. The van der Waals surface area contributed by atoms with Gasteiger partial charge in [-0.2, -0.15) is 0 Å². The zero-order valence-electron chi connectivity index (χ0n) is 12.4. The van der Waals surface area contributed by atoms with Gasteiger partial charge in [0.25, 0.3) is 15.9 Å². The average molecular weight is 350 g/mol. The second-order valence-electron chi connectivity index (χ2n) is 4.90. The van der Waals surface area contributed by atoms with Crippen molar-refractivity contribution in [2.24, 2.45) is 5.73 Å². The number of carbonyl (C=O) groups is 1. The summed E-state index contributed by atoms with van der Waals surface area (Å²) in [6.07, 6.45) is 0. The van der Waals surface area contributed by atoms with Crippen molar-refractivity contribution in [3.63, 3.8) is 0 Å². The van der Waals surface area contributed by atoms with Gasteiger partial charge in [0.05, 0.1) is 10.6 Å². The van der Waals surface area contributed by atoms with Gasteiger partial charge in [0.15, 0.2) is 18.1 Å². The minimum absolute atomic E-state index is 0.0478. The summed E-state index contributed by atoms with van der Waals surface area (Å²) < 4.78 is 42.7. The smallest absolute Gasteiger partial charge is 0.261 e. The maximum Gasteiger partial charge on any atom is 0.261 e. The Hall–Kier alpha value is -2.94. The van der Waals surface area contributed by atoms with Crippen molar-refractivity contribution in [1.82, 2.24) is 0 Å². The van der Waals surface area contributed by atoms with Crippen LogP contribution in [0.5, 0.6) is 17.2 Å². The molecule has 24 heavy (non-hydrogen) atoms. The van der Waals surface area contributed by atoms with E-state index >= 15 is 0 Å². The Labute approximate surface area is 138 Å². The lowest BCUT2D eigenvalue weighted by Crippen LogP contribution is -2.20. The monoisotopic (exact) mass is 350 g/mol. The molecule has 2 aromatic carbocycles. The van der Waals surface area contributed by atoms with Crippen LogP contribution in [0.4, 0.5) is 5.69 Å². The van der Waals surface area contributed by atoms with Crippen LogP contribution < -0.4 is 24.7 Å². The van der Waals surface area contributed by atoms with Gasteiger partial charge in [-0.1, -0.05) is 0 Å².